The van der Waals surface area contributed by atoms with Crippen LogP contribution >= 0.6 is 12.4 Å². The Morgan fingerprint density at radius 3 is 2.69 bits per heavy atom. The molecule has 2 amide bonds. The summed E-state index contributed by atoms with van der Waals surface area (Å²) < 4.78 is 0. The number of rotatable bonds is 5. The van der Waals surface area contributed by atoms with E-state index in [0.717, 1.165) is 36.7 Å². The van der Waals surface area contributed by atoms with Crippen LogP contribution in [-0.2, 0) is 4.79 Å². The van der Waals surface area contributed by atoms with Crippen molar-refractivity contribution in [3.63, 3.8) is 0 Å². The van der Waals surface area contributed by atoms with Crippen LogP contribution in [0.2, 0.25) is 0 Å². The fraction of sp³-hybridized carbons (Fsp3) is 0.400. The first-order valence-corrected chi connectivity index (χ1v) is 8.89. The summed E-state index contributed by atoms with van der Waals surface area (Å²) in [4.78, 5) is 26.5. The molecule has 6 heteroatoms. The molecule has 140 valence electrons. The maximum atomic E-state index is 12.3. The van der Waals surface area contributed by atoms with Crippen molar-refractivity contribution in [1.29, 1.82) is 0 Å². The lowest BCUT2D eigenvalue weighted by Crippen LogP contribution is -2.47. The molecule has 0 radical (unpaired) electrons. The number of carbonyl (C=O) groups is 2. The van der Waals surface area contributed by atoms with Gasteiger partial charge in [0, 0.05) is 37.7 Å². The minimum Gasteiger partial charge on any atom is -0.352 e. The number of likely N-dealkylation sites (N-methyl/N-ethyl adjacent to an activating group) is 1. The second-order valence-electron chi connectivity index (χ2n) is 6.54. The number of amides is 2. The molecule has 2 aromatic carbocycles. The van der Waals surface area contributed by atoms with Crippen LogP contribution in [0.5, 0.6) is 0 Å². The minimum absolute atomic E-state index is 0. The molecule has 5 nitrogen and oxygen atoms in total. The predicted octanol–water partition coefficient (Wildman–Crippen LogP) is 2.59. The zero-order valence-corrected chi connectivity index (χ0v) is 15.8. The maximum absolute atomic E-state index is 12.3. The second kappa shape index (κ2) is 9.55. The SMILES string of the molecule is CNC1CCCN(C(=O)CCNC(=O)c2ccc3ccccc3c2)C1.Cl. The maximum Gasteiger partial charge on any atom is 0.251 e. The molecule has 0 aliphatic carbocycles. The van der Waals surface area contributed by atoms with Gasteiger partial charge in [0.15, 0.2) is 0 Å². The topological polar surface area (TPSA) is 61.4 Å². The number of nitrogens with zero attached hydrogens (tertiary/aromatic N) is 1. The number of likely N-dealkylation sites (tertiary alicyclic amines) is 1. The van der Waals surface area contributed by atoms with Crippen LogP contribution in [0.25, 0.3) is 10.8 Å². The van der Waals surface area contributed by atoms with Gasteiger partial charge < -0.3 is 15.5 Å². The van der Waals surface area contributed by atoms with Crippen LogP contribution in [0, 0.1) is 0 Å². The number of fused-ring (bicyclic) bond motifs is 1. The van der Waals surface area contributed by atoms with E-state index in [1.165, 1.54) is 0 Å². The van der Waals surface area contributed by atoms with Gasteiger partial charge in [-0.1, -0.05) is 30.3 Å². The number of carbonyl (C=O) groups excluding carboxylic acids is 2. The highest BCUT2D eigenvalue weighted by atomic mass is 35.5. The highest BCUT2D eigenvalue weighted by molar-refractivity contribution is 5.98. The largest absolute Gasteiger partial charge is 0.352 e. The Hall–Kier alpha value is -2.11. The molecule has 1 unspecified atom stereocenters. The summed E-state index contributed by atoms with van der Waals surface area (Å²) in [6.45, 7) is 1.94. The Bertz CT molecular complexity index is 766. The van der Waals surface area contributed by atoms with Crippen molar-refractivity contribution in [3.05, 3.63) is 48.0 Å². The molecule has 0 saturated carbocycles. The highest BCUT2D eigenvalue weighted by Gasteiger charge is 2.22. The number of benzene rings is 2. The van der Waals surface area contributed by atoms with Gasteiger partial charge >= 0.3 is 0 Å². The summed E-state index contributed by atoms with van der Waals surface area (Å²) in [5, 5.41) is 8.24. The molecule has 1 saturated heterocycles. The molecule has 2 aromatic rings. The van der Waals surface area contributed by atoms with Gasteiger partial charge in [0.2, 0.25) is 5.91 Å². The number of hydrogen-bond donors (Lipinski definition) is 2. The Morgan fingerprint density at radius 2 is 1.92 bits per heavy atom. The van der Waals surface area contributed by atoms with E-state index in [-0.39, 0.29) is 24.2 Å². The van der Waals surface area contributed by atoms with Crippen LogP contribution in [-0.4, -0.2) is 49.4 Å². The van der Waals surface area contributed by atoms with Crippen LogP contribution in [0.4, 0.5) is 0 Å². The van der Waals surface area contributed by atoms with E-state index in [9.17, 15) is 9.59 Å². The summed E-state index contributed by atoms with van der Waals surface area (Å²) in [6, 6.07) is 14.0. The number of nitrogens with one attached hydrogen (secondary N) is 2. The average molecular weight is 376 g/mol. The third kappa shape index (κ3) is 4.96. The Labute approximate surface area is 160 Å². The lowest BCUT2D eigenvalue weighted by Gasteiger charge is -2.32. The average Bonchev–Trinajstić information content (AvgIpc) is 2.67. The monoisotopic (exact) mass is 375 g/mol. The Balaban J connectivity index is 0.00000243. The normalized spacial score (nSPS) is 16.8. The first kappa shape index (κ1) is 20.2. The Kier molecular flexibility index (Phi) is 7.42. The van der Waals surface area contributed by atoms with Gasteiger partial charge in [0.25, 0.3) is 5.91 Å². The molecule has 1 atom stereocenters. The van der Waals surface area contributed by atoms with Crippen molar-refractivity contribution >= 4 is 35.0 Å². The molecule has 1 heterocycles. The molecule has 26 heavy (non-hydrogen) atoms. The van der Waals surface area contributed by atoms with E-state index >= 15 is 0 Å². The standard InChI is InChI=1S/C20H25N3O2.ClH/c1-21-18-7-4-12-23(14-18)19(24)10-11-22-20(25)17-9-8-15-5-2-3-6-16(15)13-17;/h2-3,5-6,8-9,13,18,21H,4,7,10-12,14H2,1H3,(H,22,25);1H. The van der Waals surface area contributed by atoms with Crippen molar-refractivity contribution in [2.75, 3.05) is 26.7 Å². The van der Waals surface area contributed by atoms with E-state index in [4.69, 9.17) is 0 Å². The van der Waals surface area contributed by atoms with Gasteiger partial charge in [0.1, 0.15) is 0 Å². The molecular weight excluding hydrogens is 350 g/mol. The number of piperidine rings is 1. The van der Waals surface area contributed by atoms with Crippen molar-refractivity contribution in [2.24, 2.45) is 0 Å². The van der Waals surface area contributed by atoms with E-state index in [0.29, 0.717) is 24.6 Å². The molecule has 2 N–H and O–H groups in total. The van der Waals surface area contributed by atoms with Crippen LogP contribution in [0.15, 0.2) is 42.5 Å². The van der Waals surface area contributed by atoms with Crippen LogP contribution in [0.1, 0.15) is 29.6 Å². The molecule has 1 aliphatic rings. The van der Waals surface area contributed by atoms with Gasteiger partial charge in [-0.25, -0.2) is 0 Å². The van der Waals surface area contributed by atoms with Gasteiger partial charge in [-0.3, -0.25) is 9.59 Å². The zero-order valence-electron chi connectivity index (χ0n) is 15.0. The Morgan fingerprint density at radius 1 is 1.15 bits per heavy atom. The number of halogens is 1. The number of hydrogen-bond acceptors (Lipinski definition) is 3. The molecule has 3 rings (SSSR count). The molecule has 1 fully saturated rings. The highest BCUT2D eigenvalue weighted by Crippen LogP contribution is 2.15. The second-order valence-corrected chi connectivity index (χ2v) is 6.54. The first-order valence-electron chi connectivity index (χ1n) is 8.89. The first-order chi connectivity index (χ1) is 12.2. The van der Waals surface area contributed by atoms with Gasteiger partial charge in [-0.15, -0.1) is 12.4 Å². The summed E-state index contributed by atoms with van der Waals surface area (Å²) in [7, 11) is 1.93. The smallest absolute Gasteiger partial charge is 0.251 e. The van der Waals surface area contributed by atoms with Crippen molar-refractivity contribution < 1.29 is 9.59 Å². The summed E-state index contributed by atoms with van der Waals surface area (Å²) in [6.07, 6.45) is 2.48. The quantitative estimate of drug-likeness (QED) is 0.844. The van der Waals surface area contributed by atoms with E-state index in [2.05, 4.69) is 10.6 Å². The molecule has 0 spiro atoms. The van der Waals surface area contributed by atoms with E-state index in [1.54, 1.807) is 0 Å². The van der Waals surface area contributed by atoms with Gasteiger partial charge in [-0.2, -0.15) is 0 Å². The van der Waals surface area contributed by atoms with Crippen LogP contribution in [0.3, 0.4) is 0 Å². The predicted molar refractivity (Wildman–Crippen MR) is 107 cm³/mol. The van der Waals surface area contributed by atoms with Crippen molar-refractivity contribution in [2.45, 2.75) is 25.3 Å². The molecule has 0 aromatic heterocycles. The zero-order chi connectivity index (χ0) is 17.6. The van der Waals surface area contributed by atoms with E-state index in [1.807, 2.05) is 54.4 Å². The molecule has 1 aliphatic heterocycles. The third-order valence-corrected chi connectivity index (χ3v) is 4.82. The minimum atomic E-state index is -0.134. The third-order valence-electron chi connectivity index (χ3n) is 4.82. The van der Waals surface area contributed by atoms with Gasteiger partial charge in [-0.05, 0) is 42.8 Å². The van der Waals surface area contributed by atoms with E-state index < -0.39 is 0 Å². The lowest BCUT2D eigenvalue weighted by molar-refractivity contribution is -0.132. The van der Waals surface area contributed by atoms with Crippen molar-refractivity contribution in [3.8, 4) is 0 Å². The van der Waals surface area contributed by atoms with Crippen LogP contribution < -0.4 is 10.6 Å². The molecule has 0 bridgehead atoms. The molecular formula is C20H26ClN3O2. The van der Waals surface area contributed by atoms with Crippen molar-refractivity contribution in [1.82, 2.24) is 15.5 Å². The summed E-state index contributed by atoms with van der Waals surface area (Å²) in [5.74, 6) is -0.0240. The fourth-order valence-corrected chi connectivity index (χ4v) is 3.31. The fourth-order valence-electron chi connectivity index (χ4n) is 3.31. The van der Waals surface area contributed by atoms with Gasteiger partial charge in [0.05, 0.1) is 0 Å². The summed E-state index contributed by atoms with van der Waals surface area (Å²) in [5.41, 5.74) is 0.624. The summed E-state index contributed by atoms with van der Waals surface area (Å²) >= 11 is 0. The lowest BCUT2D eigenvalue weighted by atomic mass is 10.1.